The molecule has 1 aromatic rings. The molecule has 0 saturated heterocycles. The normalized spacial score (nSPS) is 12.4. The van der Waals surface area contributed by atoms with Crippen molar-refractivity contribution in [2.75, 3.05) is 6.54 Å². The molecule has 1 rings (SSSR count). The monoisotopic (exact) mass is 311 g/mol. The van der Waals surface area contributed by atoms with Crippen LogP contribution in [0.5, 0.6) is 0 Å². The maximum atomic E-state index is 12.5. The van der Waals surface area contributed by atoms with E-state index in [2.05, 4.69) is 0 Å². The van der Waals surface area contributed by atoms with Gasteiger partial charge in [0.1, 0.15) is 0 Å². The van der Waals surface area contributed by atoms with Gasteiger partial charge in [-0.25, -0.2) is 13.1 Å². The molecule has 112 valence electrons. The first-order chi connectivity index (χ1) is 9.04. The van der Waals surface area contributed by atoms with Crippen LogP contribution in [0.15, 0.2) is 23.1 Å². The lowest BCUT2D eigenvalue weighted by molar-refractivity contribution is -0.138. The zero-order chi connectivity index (χ0) is 15.6. The molecule has 0 fully saturated rings. The number of benzene rings is 1. The number of hydrogen-bond acceptors (Lipinski definition) is 3. The summed E-state index contributed by atoms with van der Waals surface area (Å²) in [6.07, 6.45) is -4.97. The lowest BCUT2D eigenvalue weighted by atomic mass is 10.1. The molecule has 0 aliphatic carbocycles. The molecule has 0 unspecified atom stereocenters. The quantitative estimate of drug-likeness (QED) is 0.868. The molecule has 0 saturated carbocycles. The van der Waals surface area contributed by atoms with Crippen LogP contribution in [0.25, 0.3) is 0 Å². The zero-order valence-corrected chi connectivity index (χ0v) is 11.2. The van der Waals surface area contributed by atoms with Crippen LogP contribution < -0.4 is 4.72 Å². The summed E-state index contributed by atoms with van der Waals surface area (Å²) in [5.74, 6) is -1.18. The third-order valence-corrected chi connectivity index (χ3v) is 4.04. The molecular formula is C11H12F3NO4S. The Kier molecular flexibility index (Phi) is 4.77. The maximum absolute atomic E-state index is 12.5. The molecule has 9 heteroatoms. The molecule has 0 aliphatic rings. The molecule has 0 aromatic heterocycles. The number of hydrogen-bond donors (Lipinski definition) is 2. The highest BCUT2D eigenvalue weighted by atomic mass is 32.2. The molecule has 0 aliphatic heterocycles. The van der Waals surface area contributed by atoms with Gasteiger partial charge in [0.25, 0.3) is 0 Å². The van der Waals surface area contributed by atoms with Gasteiger partial charge in [0.2, 0.25) is 10.0 Å². The van der Waals surface area contributed by atoms with Crippen molar-refractivity contribution < 1.29 is 31.5 Å². The van der Waals surface area contributed by atoms with E-state index in [-0.39, 0.29) is 17.0 Å². The number of carboxylic acids is 1. The van der Waals surface area contributed by atoms with E-state index in [1.54, 1.807) is 0 Å². The van der Waals surface area contributed by atoms with Gasteiger partial charge in [-0.2, -0.15) is 13.2 Å². The van der Waals surface area contributed by atoms with Gasteiger partial charge in [0, 0.05) is 6.54 Å². The van der Waals surface area contributed by atoms with Gasteiger partial charge in [0.05, 0.1) is 16.9 Å². The summed E-state index contributed by atoms with van der Waals surface area (Å²) in [6.45, 7) is 0.902. The van der Waals surface area contributed by atoms with Crippen LogP contribution in [0, 0.1) is 6.92 Å². The Morgan fingerprint density at radius 3 is 2.40 bits per heavy atom. The molecule has 1 aromatic carbocycles. The predicted octanol–water partition coefficient (Wildman–Crippen LogP) is 1.77. The van der Waals surface area contributed by atoms with E-state index in [1.165, 1.54) is 6.92 Å². The highest BCUT2D eigenvalue weighted by Crippen LogP contribution is 2.31. The highest BCUT2D eigenvalue weighted by Gasteiger charge is 2.31. The fourth-order valence-corrected chi connectivity index (χ4v) is 2.75. The summed E-state index contributed by atoms with van der Waals surface area (Å²) in [4.78, 5) is 9.97. The maximum Gasteiger partial charge on any atom is 0.416 e. The highest BCUT2D eigenvalue weighted by molar-refractivity contribution is 7.89. The van der Waals surface area contributed by atoms with Crippen molar-refractivity contribution in [1.82, 2.24) is 4.72 Å². The summed E-state index contributed by atoms with van der Waals surface area (Å²) in [7, 11) is -4.03. The SMILES string of the molecule is Cc1cc(C(F)(F)F)ccc1S(=O)(=O)NCCC(=O)O. The number of carbonyl (C=O) groups is 1. The minimum atomic E-state index is -4.55. The predicted molar refractivity (Wildman–Crippen MR) is 63.6 cm³/mol. The number of nitrogens with one attached hydrogen (secondary N) is 1. The number of rotatable bonds is 5. The van der Waals surface area contributed by atoms with E-state index in [4.69, 9.17) is 5.11 Å². The van der Waals surface area contributed by atoms with Gasteiger partial charge in [-0.05, 0) is 30.7 Å². The molecule has 0 radical (unpaired) electrons. The molecule has 0 atom stereocenters. The Hall–Kier alpha value is -1.61. The van der Waals surface area contributed by atoms with Crippen molar-refractivity contribution in [3.63, 3.8) is 0 Å². The van der Waals surface area contributed by atoms with Crippen molar-refractivity contribution in [3.8, 4) is 0 Å². The lowest BCUT2D eigenvalue weighted by Gasteiger charge is -2.12. The van der Waals surface area contributed by atoms with Crippen molar-refractivity contribution in [3.05, 3.63) is 29.3 Å². The van der Waals surface area contributed by atoms with Crippen molar-refractivity contribution in [2.45, 2.75) is 24.4 Å². The van der Waals surface area contributed by atoms with Crippen LogP contribution in [0.2, 0.25) is 0 Å². The van der Waals surface area contributed by atoms with Crippen LogP contribution in [0.4, 0.5) is 13.2 Å². The van der Waals surface area contributed by atoms with Crippen molar-refractivity contribution in [2.24, 2.45) is 0 Å². The standard InChI is InChI=1S/C11H12F3NO4S/c1-7-6-8(11(12,13)14)2-3-9(7)20(18,19)15-5-4-10(16)17/h2-3,6,15H,4-5H2,1H3,(H,16,17). The average molecular weight is 311 g/mol. The third-order valence-electron chi connectivity index (χ3n) is 2.42. The molecule has 0 amide bonds. The molecular weight excluding hydrogens is 299 g/mol. The summed E-state index contributed by atoms with van der Waals surface area (Å²) in [6, 6.07) is 2.24. The topological polar surface area (TPSA) is 83.5 Å². The van der Waals surface area contributed by atoms with Gasteiger partial charge < -0.3 is 5.11 Å². The number of aryl methyl sites for hydroxylation is 1. The Morgan fingerprint density at radius 2 is 1.95 bits per heavy atom. The number of aliphatic carboxylic acids is 1. The second-order valence-corrected chi connectivity index (χ2v) is 5.75. The third kappa shape index (κ3) is 4.20. The minimum Gasteiger partial charge on any atom is -0.481 e. The van der Waals surface area contributed by atoms with Crippen LogP contribution in [0.1, 0.15) is 17.5 Å². The number of halogens is 3. The van der Waals surface area contributed by atoms with Crippen LogP contribution in [-0.4, -0.2) is 26.0 Å². The molecule has 5 nitrogen and oxygen atoms in total. The number of alkyl halides is 3. The first kappa shape index (κ1) is 16.4. The summed E-state index contributed by atoms with van der Waals surface area (Å²) in [5, 5.41) is 8.40. The Balaban J connectivity index is 2.99. The van der Waals surface area contributed by atoms with Gasteiger partial charge in [-0.15, -0.1) is 0 Å². The Labute approximate surface area is 113 Å². The van der Waals surface area contributed by atoms with E-state index in [9.17, 15) is 26.4 Å². The minimum absolute atomic E-state index is 0.0670. The zero-order valence-electron chi connectivity index (χ0n) is 10.4. The molecule has 0 bridgehead atoms. The molecule has 2 N–H and O–H groups in total. The van der Waals surface area contributed by atoms with Crippen molar-refractivity contribution in [1.29, 1.82) is 0 Å². The Morgan fingerprint density at radius 1 is 1.35 bits per heavy atom. The van der Waals surface area contributed by atoms with Crippen LogP contribution in [0.3, 0.4) is 0 Å². The van der Waals surface area contributed by atoms with E-state index in [1.807, 2.05) is 4.72 Å². The summed E-state index contributed by atoms with van der Waals surface area (Å²) in [5.41, 5.74) is -1.01. The average Bonchev–Trinajstić information content (AvgIpc) is 2.26. The fraction of sp³-hybridized carbons (Fsp3) is 0.364. The largest absolute Gasteiger partial charge is 0.481 e. The van der Waals surface area contributed by atoms with Gasteiger partial charge in [-0.3, -0.25) is 4.79 Å². The summed E-state index contributed by atoms with van der Waals surface area (Å²) >= 11 is 0. The van der Waals surface area contributed by atoms with Gasteiger partial charge in [-0.1, -0.05) is 0 Å². The fourth-order valence-electron chi connectivity index (χ4n) is 1.50. The van der Waals surface area contributed by atoms with Crippen LogP contribution >= 0.6 is 0 Å². The second-order valence-electron chi connectivity index (χ2n) is 4.02. The molecule has 0 spiro atoms. The number of carboxylic acid groups (broad SMARTS) is 1. The van der Waals surface area contributed by atoms with Gasteiger partial charge >= 0.3 is 12.1 Å². The molecule has 0 heterocycles. The van der Waals surface area contributed by atoms with Gasteiger partial charge in [0.15, 0.2) is 0 Å². The van der Waals surface area contributed by atoms with E-state index < -0.39 is 34.2 Å². The molecule has 20 heavy (non-hydrogen) atoms. The van der Waals surface area contributed by atoms with Crippen LogP contribution in [-0.2, 0) is 21.0 Å². The Bertz CT molecular complexity index is 611. The van der Waals surface area contributed by atoms with E-state index in [0.717, 1.165) is 12.1 Å². The summed E-state index contributed by atoms with van der Waals surface area (Å²) < 4.78 is 63.0. The first-order valence-electron chi connectivity index (χ1n) is 5.43. The van der Waals surface area contributed by atoms with Crippen molar-refractivity contribution >= 4 is 16.0 Å². The second kappa shape index (κ2) is 5.80. The smallest absolute Gasteiger partial charge is 0.416 e. The number of sulfonamides is 1. The van der Waals surface area contributed by atoms with E-state index >= 15 is 0 Å². The van der Waals surface area contributed by atoms with E-state index in [0.29, 0.717) is 6.07 Å². The lowest BCUT2D eigenvalue weighted by Crippen LogP contribution is -2.27. The first-order valence-corrected chi connectivity index (χ1v) is 6.91.